The number of carbonyl (C=O) groups is 1. The Morgan fingerprint density at radius 1 is 1.38 bits per heavy atom. The van der Waals surface area contributed by atoms with Gasteiger partial charge in [0.1, 0.15) is 0 Å². The summed E-state index contributed by atoms with van der Waals surface area (Å²) in [7, 11) is 0. The summed E-state index contributed by atoms with van der Waals surface area (Å²) in [5, 5.41) is 8.45. The zero-order valence-electron chi connectivity index (χ0n) is 8.32. The Labute approximate surface area is 97.7 Å². The second-order valence-corrected chi connectivity index (χ2v) is 3.31. The minimum absolute atomic E-state index is 0. The third-order valence-electron chi connectivity index (χ3n) is 1.92. The fraction of sp³-hybridized carbons (Fsp3) is 0.300. The molecule has 16 heavy (non-hydrogen) atoms. The summed E-state index contributed by atoms with van der Waals surface area (Å²) in [5.74, 6) is -2.88. The van der Waals surface area contributed by atoms with Gasteiger partial charge in [0.25, 0.3) is 0 Å². The van der Waals surface area contributed by atoms with Gasteiger partial charge in [-0.2, -0.15) is 0 Å². The van der Waals surface area contributed by atoms with Gasteiger partial charge in [0, 0.05) is 6.04 Å². The molecule has 0 bridgehead atoms. The van der Waals surface area contributed by atoms with Gasteiger partial charge in [0.05, 0.1) is 6.42 Å². The van der Waals surface area contributed by atoms with E-state index in [-0.39, 0.29) is 25.2 Å². The van der Waals surface area contributed by atoms with Gasteiger partial charge in [0.15, 0.2) is 11.6 Å². The molecule has 0 amide bonds. The van der Waals surface area contributed by atoms with Crippen LogP contribution in [0.2, 0.25) is 0 Å². The first-order valence-corrected chi connectivity index (χ1v) is 4.40. The monoisotopic (exact) mass is 251 g/mol. The van der Waals surface area contributed by atoms with Crippen LogP contribution in [0.25, 0.3) is 0 Å². The maximum absolute atomic E-state index is 12.8. The van der Waals surface area contributed by atoms with Crippen molar-refractivity contribution in [3.05, 3.63) is 35.4 Å². The van der Waals surface area contributed by atoms with E-state index in [0.29, 0.717) is 5.56 Å². The number of benzene rings is 1. The Morgan fingerprint density at radius 3 is 2.50 bits per heavy atom. The van der Waals surface area contributed by atoms with E-state index < -0.39 is 23.6 Å². The van der Waals surface area contributed by atoms with Crippen molar-refractivity contribution in [3.63, 3.8) is 0 Å². The topological polar surface area (TPSA) is 63.3 Å². The number of nitrogens with two attached hydrogens (primary N) is 1. The van der Waals surface area contributed by atoms with E-state index in [1.165, 1.54) is 6.07 Å². The van der Waals surface area contributed by atoms with E-state index in [4.69, 9.17) is 10.8 Å². The van der Waals surface area contributed by atoms with Gasteiger partial charge in [0.2, 0.25) is 0 Å². The maximum atomic E-state index is 12.8. The molecule has 0 saturated carbocycles. The van der Waals surface area contributed by atoms with Crippen molar-refractivity contribution < 1.29 is 18.7 Å². The molecule has 0 aliphatic rings. The molecule has 3 N–H and O–H groups in total. The number of hydrogen-bond acceptors (Lipinski definition) is 2. The first kappa shape index (κ1) is 14.8. The molecule has 1 aromatic carbocycles. The summed E-state index contributed by atoms with van der Waals surface area (Å²) in [6, 6.07) is 2.82. The van der Waals surface area contributed by atoms with Crippen LogP contribution in [0.15, 0.2) is 18.2 Å². The van der Waals surface area contributed by atoms with E-state index in [2.05, 4.69) is 0 Å². The standard InChI is InChI=1S/C10H11F2NO2.ClH/c11-8-2-1-6(4-9(8)12)3-7(13)5-10(14)15;/h1-2,4,7H,3,5,13H2,(H,14,15);1H. The van der Waals surface area contributed by atoms with Gasteiger partial charge in [-0.25, -0.2) is 8.78 Å². The minimum Gasteiger partial charge on any atom is -0.481 e. The van der Waals surface area contributed by atoms with Crippen LogP contribution in [-0.2, 0) is 11.2 Å². The van der Waals surface area contributed by atoms with Gasteiger partial charge >= 0.3 is 5.97 Å². The quantitative estimate of drug-likeness (QED) is 0.857. The maximum Gasteiger partial charge on any atom is 0.304 e. The van der Waals surface area contributed by atoms with Crippen molar-refractivity contribution in [1.82, 2.24) is 0 Å². The van der Waals surface area contributed by atoms with Gasteiger partial charge in [-0.1, -0.05) is 6.07 Å². The highest BCUT2D eigenvalue weighted by Gasteiger charge is 2.10. The largest absolute Gasteiger partial charge is 0.481 e. The van der Waals surface area contributed by atoms with Crippen LogP contribution >= 0.6 is 12.4 Å². The van der Waals surface area contributed by atoms with Crippen molar-refractivity contribution in [3.8, 4) is 0 Å². The minimum atomic E-state index is -1.01. The lowest BCUT2D eigenvalue weighted by Gasteiger charge is -2.08. The Hall–Kier alpha value is -1.20. The summed E-state index contributed by atoms with van der Waals surface area (Å²) >= 11 is 0. The van der Waals surface area contributed by atoms with E-state index in [0.717, 1.165) is 12.1 Å². The van der Waals surface area contributed by atoms with Crippen molar-refractivity contribution in [2.24, 2.45) is 5.73 Å². The van der Waals surface area contributed by atoms with Crippen molar-refractivity contribution in [1.29, 1.82) is 0 Å². The number of carboxylic acids is 1. The summed E-state index contributed by atoms with van der Waals surface area (Å²) in [6.07, 6.45) is 0.0164. The predicted octanol–water partition coefficient (Wildman–Crippen LogP) is 1.73. The molecule has 0 saturated heterocycles. The molecule has 0 spiro atoms. The van der Waals surface area contributed by atoms with E-state index in [1.54, 1.807) is 0 Å². The van der Waals surface area contributed by atoms with Crippen molar-refractivity contribution >= 4 is 18.4 Å². The summed E-state index contributed by atoms with van der Waals surface area (Å²) in [5.41, 5.74) is 5.99. The van der Waals surface area contributed by atoms with Crippen LogP contribution < -0.4 is 5.73 Å². The molecule has 0 aliphatic carbocycles. The van der Waals surface area contributed by atoms with Crippen LogP contribution in [0.5, 0.6) is 0 Å². The summed E-state index contributed by atoms with van der Waals surface area (Å²) in [4.78, 5) is 10.3. The molecule has 0 fully saturated rings. The lowest BCUT2D eigenvalue weighted by Crippen LogP contribution is -2.26. The molecule has 90 valence electrons. The number of aliphatic carboxylic acids is 1. The van der Waals surface area contributed by atoms with Crippen LogP contribution in [-0.4, -0.2) is 17.1 Å². The first-order valence-electron chi connectivity index (χ1n) is 4.40. The average molecular weight is 252 g/mol. The lowest BCUT2D eigenvalue weighted by atomic mass is 10.0. The number of halogens is 3. The number of carboxylic acid groups (broad SMARTS) is 1. The molecule has 0 aromatic heterocycles. The smallest absolute Gasteiger partial charge is 0.304 e. The Bertz CT molecular complexity index is 374. The highest BCUT2D eigenvalue weighted by Crippen LogP contribution is 2.10. The number of rotatable bonds is 4. The van der Waals surface area contributed by atoms with E-state index >= 15 is 0 Å². The van der Waals surface area contributed by atoms with Gasteiger partial charge in [-0.3, -0.25) is 4.79 Å². The van der Waals surface area contributed by atoms with Crippen LogP contribution in [0.3, 0.4) is 0 Å². The molecule has 3 nitrogen and oxygen atoms in total. The molecule has 0 heterocycles. The second kappa shape index (κ2) is 6.40. The fourth-order valence-corrected chi connectivity index (χ4v) is 1.27. The molecule has 6 heteroatoms. The van der Waals surface area contributed by atoms with Gasteiger partial charge in [-0.15, -0.1) is 12.4 Å². The van der Waals surface area contributed by atoms with Gasteiger partial charge in [-0.05, 0) is 24.1 Å². The summed E-state index contributed by atoms with van der Waals surface area (Å²) < 4.78 is 25.3. The summed E-state index contributed by atoms with van der Waals surface area (Å²) in [6.45, 7) is 0. The van der Waals surface area contributed by atoms with Crippen LogP contribution in [0.1, 0.15) is 12.0 Å². The van der Waals surface area contributed by atoms with Crippen LogP contribution in [0, 0.1) is 11.6 Å². The number of hydrogen-bond donors (Lipinski definition) is 2. The van der Waals surface area contributed by atoms with Crippen molar-refractivity contribution in [2.75, 3.05) is 0 Å². The van der Waals surface area contributed by atoms with Crippen molar-refractivity contribution in [2.45, 2.75) is 18.9 Å². The molecule has 0 aliphatic heterocycles. The third kappa shape index (κ3) is 4.55. The molecule has 1 rings (SSSR count). The Kier molecular flexibility index (Phi) is 5.92. The predicted molar refractivity (Wildman–Crippen MR) is 57.5 cm³/mol. The molecule has 1 atom stereocenters. The first-order chi connectivity index (χ1) is 6.99. The Balaban J connectivity index is 0.00000225. The fourth-order valence-electron chi connectivity index (χ4n) is 1.27. The van der Waals surface area contributed by atoms with Crippen LogP contribution in [0.4, 0.5) is 8.78 Å². The molecule has 1 unspecified atom stereocenters. The lowest BCUT2D eigenvalue weighted by molar-refractivity contribution is -0.137. The highest BCUT2D eigenvalue weighted by molar-refractivity contribution is 5.85. The normalized spacial score (nSPS) is 11.7. The zero-order valence-corrected chi connectivity index (χ0v) is 9.14. The second-order valence-electron chi connectivity index (χ2n) is 3.31. The highest BCUT2D eigenvalue weighted by atomic mass is 35.5. The third-order valence-corrected chi connectivity index (χ3v) is 1.92. The van der Waals surface area contributed by atoms with E-state index in [9.17, 15) is 13.6 Å². The molecular weight excluding hydrogens is 240 g/mol. The SMILES string of the molecule is Cl.NC(CC(=O)O)Cc1ccc(F)c(F)c1. The average Bonchev–Trinajstić information content (AvgIpc) is 2.10. The Morgan fingerprint density at radius 2 is 2.00 bits per heavy atom. The molecule has 0 radical (unpaired) electrons. The molecular formula is C10H12ClF2NO2. The zero-order chi connectivity index (χ0) is 11.4. The van der Waals surface area contributed by atoms with Gasteiger partial charge < -0.3 is 10.8 Å². The van der Waals surface area contributed by atoms with E-state index in [1.807, 2.05) is 0 Å². The molecule has 1 aromatic rings.